The lowest BCUT2D eigenvalue weighted by atomic mass is 9.85. The quantitative estimate of drug-likeness (QED) is 0.918. The summed E-state index contributed by atoms with van der Waals surface area (Å²) in [6.07, 6.45) is 3.82. The van der Waals surface area contributed by atoms with E-state index >= 15 is 0 Å². The second-order valence-electron chi connectivity index (χ2n) is 6.52. The third kappa shape index (κ3) is 3.38. The second kappa shape index (κ2) is 7.04. The fourth-order valence-corrected chi connectivity index (χ4v) is 4.42. The molecule has 7 heteroatoms. The summed E-state index contributed by atoms with van der Waals surface area (Å²) < 4.78 is 11.0. The second-order valence-corrected chi connectivity index (χ2v) is 7.30. The molecule has 128 valence electrons. The molecule has 0 saturated carbocycles. The van der Waals surface area contributed by atoms with Gasteiger partial charge in [0.15, 0.2) is 0 Å². The standard InChI is InChI=1S/C17H21N3O3S/c21-17(15-3-5-18-23-15)19-14-10-20(8-12-4-7-24-11-12)9-13-2-1-6-22-16(13)14/h3-5,7,11,13-14,16H,1-2,6,8-10H2,(H,19,21)/t13-,14+,16-/m0/s1. The minimum Gasteiger partial charge on any atom is -0.376 e. The lowest BCUT2D eigenvalue weighted by Gasteiger charge is -2.45. The Morgan fingerprint density at radius 2 is 2.38 bits per heavy atom. The van der Waals surface area contributed by atoms with Gasteiger partial charge in [0.1, 0.15) is 0 Å². The monoisotopic (exact) mass is 347 g/mol. The van der Waals surface area contributed by atoms with Gasteiger partial charge in [0, 0.05) is 32.3 Å². The fraction of sp³-hybridized carbons (Fsp3) is 0.529. The van der Waals surface area contributed by atoms with Crippen molar-refractivity contribution in [2.45, 2.75) is 31.5 Å². The van der Waals surface area contributed by atoms with Crippen molar-refractivity contribution < 1.29 is 14.1 Å². The Morgan fingerprint density at radius 1 is 1.42 bits per heavy atom. The van der Waals surface area contributed by atoms with Gasteiger partial charge in [-0.3, -0.25) is 9.69 Å². The summed E-state index contributed by atoms with van der Waals surface area (Å²) in [6, 6.07) is 3.72. The van der Waals surface area contributed by atoms with Crippen LogP contribution >= 0.6 is 11.3 Å². The molecular formula is C17H21N3O3S. The van der Waals surface area contributed by atoms with Crippen LogP contribution in [0.3, 0.4) is 0 Å². The lowest BCUT2D eigenvalue weighted by molar-refractivity contribution is -0.0848. The number of ether oxygens (including phenoxy) is 1. The molecule has 4 rings (SSSR count). The zero-order valence-corrected chi connectivity index (χ0v) is 14.2. The van der Waals surface area contributed by atoms with Gasteiger partial charge in [-0.2, -0.15) is 11.3 Å². The van der Waals surface area contributed by atoms with E-state index in [9.17, 15) is 4.79 Å². The largest absolute Gasteiger partial charge is 0.376 e. The first-order chi connectivity index (χ1) is 11.8. The van der Waals surface area contributed by atoms with Gasteiger partial charge in [0.25, 0.3) is 5.91 Å². The number of nitrogens with zero attached hydrogens (tertiary/aromatic N) is 2. The van der Waals surface area contributed by atoms with Gasteiger partial charge in [-0.05, 0) is 41.1 Å². The van der Waals surface area contributed by atoms with E-state index in [-0.39, 0.29) is 23.8 Å². The molecule has 24 heavy (non-hydrogen) atoms. The number of amides is 1. The van der Waals surface area contributed by atoms with Crippen molar-refractivity contribution in [1.29, 1.82) is 0 Å². The maximum atomic E-state index is 12.4. The molecule has 0 radical (unpaired) electrons. The minimum absolute atomic E-state index is 0.0275. The van der Waals surface area contributed by atoms with E-state index in [1.807, 2.05) is 0 Å². The molecule has 6 nitrogen and oxygen atoms in total. The summed E-state index contributed by atoms with van der Waals surface area (Å²) in [5.41, 5.74) is 1.33. The Balaban J connectivity index is 1.47. The Labute approximate surface area is 144 Å². The molecule has 0 bridgehead atoms. The van der Waals surface area contributed by atoms with E-state index in [2.05, 4.69) is 32.2 Å². The van der Waals surface area contributed by atoms with Crippen LogP contribution in [-0.4, -0.2) is 47.8 Å². The molecule has 0 aromatic carbocycles. The van der Waals surface area contributed by atoms with Crippen LogP contribution in [0.25, 0.3) is 0 Å². The van der Waals surface area contributed by atoms with Gasteiger partial charge in [-0.15, -0.1) is 0 Å². The van der Waals surface area contributed by atoms with E-state index in [1.165, 1.54) is 11.8 Å². The smallest absolute Gasteiger partial charge is 0.290 e. The highest BCUT2D eigenvalue weighted by Crippen LogP contribution is 2.29. The SMILES string of the molecule is O=C(N[C@@H]1CN(Cc2ccsc2)C[C@@H]2CCCO[C@@H]21)c1ccno1. The predicted molar refractivity (Wildman–Crippen MR) is 89.8 cm³/mol. The summed E-state index contributed by atoms with van der Waals surface area (Å²) in [6.45, 7) is 3.51. The Bertz CT molecular complexity index is 659. The van der Waals surface area contributed by atoms with Crippen molar-refractivity contribution in [3.63, 3.8) is 0 Å². The van der Waals surface area contributed by atoms with Crippen LogP contribution in [0.15, 0.2) is 33.6 Å². The average molecular weight is 347 g/mol. The molecule has 3 atom stereocenters. The van der Waals surface area contributed by atoms with Gasteiger partial charge in [-0.1, -0.05) is 5.16 Å². The van der Waals surface area contributed by atoms with E-state index in [1.54, 1.807) is 17.4 Å². The van der Waals surface area contributed by atoms with Crippen molar-refractivity contribution >= 4 is 17.2 Å². The normalized spacial score (nSPS) is 27.6. The molecule has 2 aliphatic heterocycles. The van der Waals surface area contributed by atoms with E-state index in [4.69, 9.17) is 9.26 Å². The highest BCUT2D eigenvalue weighted by Gasteiger charge is 2.40. The van der Waals surface area contributed by atoms with Gasteiger partial charge >= 0.3 is 0 Å². The summed E-state index contributed by atoms with van der Waals surface area (Å²) in [7, 11) is 0. The molecule has 0 aliphatic carbocycles. The summed E-state index contributed by atoms with van der Waals surface area (Å²) in [4.78, 5) is 14.8. The first-order valence-corrected chi connectivity index (χ1v) is 9.30. The molecule has 4 heterocycles. The molecule has 2 aromatic heterocycles. The molecule has 2 aliphatic rings. The van der Waals surface area contributed by atoms with E-state index in [0.717, 1.165) is 39.1 Å². The fourth-order valence-electron chi connectivity index (χ4n) is 3.76. The van der Waals surface area contributed by atoms with Crippen LogP contribution in [0, 0.1) is 5.92 Å². The zero-order valence-electron chi connectivity index (χ0n) is 13.4. The van der Waals surface area contributed by atoms with Crippen molar-refractivity contribution in [2.75, 3.05) is 19.7 Å². The van der Waals surface area contributed by atoms with Gasteiger partial charge in [0.05, 0.1) is 18.3 Å². The predicted octanol–water partition coefficient (Wildman–Crippen LogP) is 2.15. The number of fused-ring (bicyclic) bond motifs is 1. The molecule has 0 spiro atoms. The highest BCUT2D eigenvalue weighted by atomic mass is 32.1. The first-order valence-electron chi connectivity index (χ1n) is 8.36. The van der Waals surface area contributed by atoms with Crippen LogP contribution in [-0.2, 0) is 11.3 Å². The molecule has 2 saturated heterocycles. The highest BCUT2D eigenvalue weighted by molar-refractivity contribution is 7.07. The number of thiophene rings is 1. The Morgan fingerprint density at radius 3 is 3.17 bits per heavy atom. The zero-order chi connectivity index (χ0) is 16.4. The molecular weight excluding hydrogens is 326 g/mol. The van der Waals surface area contributed by atoms with Crippen molar-refractivity contribution in [3.8, 4) is 0 Å². The van der Waals surface area contributed by atoms with Gasteiger partial charge in [-0.25, -0.2) is 0 Å². The Hall–Kier alpha value is -1.70. The maximum Gasteiger partial charge on any atom is 0.290 e. The maximum absolute atomic E-state index is 12.4. The Kier molecular flexibility index (Phi) is 4.64. The molecule has 1 amide bonds. The number of carbonyl (C=O) groups is 1. The first kappa shape index (κ1) is 15.8. The number of rotatable bonds is 4. The number of nitrogens with one attached hydrogen (secondary N) is 1. The van der Waals surface area contributed by atoms with Crippen LogP contribution in [0.5, 0.6) is 0 Å². The van der Waals surface area contributed by atoms with E-state index < -0.39 is 0 Å². The summed E-state index contributed by atoms with van der Waals surface area (Å²) in [5, 5.41) is 11.0. The summed E-state index contributed by atoms with van der Waals surface area (Å²) in [5.74, 6) is 0.492. The topological polar surface area (TPSA) is 67.6 Å². The number of hydrogen-bond donors (Lipinski definition) is 1. The molecule has 1 N–H and O–H groups in total. The molecule has 2 aromatic rings. The number of carbonyl (C=O) groups excluding carboxylic acids is 1. The van der Waals surface area contributed by atoms with Gasteiger partial charge < -0.3 is 14.6 Å². The number of hydrogen-bond acceptors (Lipinski definition) is 6. The number of likely N-dealkylation sites (tertiary alicyclic amines) is 1. The number of aromatic nitrogens is 1. The third-order valence-corrected chi connectivity index (χ3v) is 5.53. The van der Waals surface area contributed by atoms with Crippen LogP contribution < -0.4 is 5.32 Å². The number of piperidine rings is 1. The minimum atomic E-state index is -0.220. The van der Waals surface area contributed by atoms with Crippen molar-refractivity contribution in [1.82, 2.24) is 15.4 Å². The van der Waals surface area contributed by atoms with Crippen LogP contribution in [0.1, 0.15) is 29.0 Å². The van der Waals surface area contributed by atoms with Crippen molar-refractivity contribution in [3.05, 3.63) is 40.4 Å². The van der Waals surface area contributed by atoms with E-state index in [0.29, 0.717) is 5.92 Å². The third-order valence-electron chi connectivity index (χ3n) is 4.80. The lowest BCUT2D eigenvalue weighted by Crippen LogP contribution is -2.60. The van der Waals surface area contributed by atoms with Crippen LogP contribution in [0.2, 0.25) is 0 Å². The molecule has 0 unspecified atom stereocenters. The van der Waals surface area contributed by atoms with Crippen LogP contribution in [0.4, 0.5) is 0 Å². The summed E-state index contributed by atoms with van der Waals surface area (Å²) >= 11 is 1.72. The van der Waals surface area contributed by atoms with Gasteiger partial charge in [0.2, 0.25) is 5.76 Å². The average Bonchev–Trinajstić information content (AvgIpc) is 3.28. The van der Waals surface area contributed by atoms with Crippen molar-refractivity contribution in [2.24, 2.45) is 5.92 Å². The molecule has 2 fully saturated rings.